The summed E-state index contributed by atoms with van der Waals surface area (Å²) in [5.41, 5.74) is 10.1. The molecule has 0 fully saturated rings. The van der Waals surface area contributed by atoms with Crippen LogP contribution in [0.5, 0.6) is 0 Å². The van der Waals surface area contributed by atoms with E-state index in [0.29, 0.717) is 11.5 Å². The van der Waals surface area contributed by atoms with Gasteiger partial charge in [0.15, 0.2) is 17.4 Å². The Morgan fingerprint density at radius 3 is 2.47 bits per heavy atom. The van der Waals surface area contributed by atoms with Crippen LogP contribution >= 0.6 is 0 Å². The monoisotopic (exact) mass is 421 g/mol. The molecule has 2 aromatic carbocycles. The molecule has 9 nitrogen and oxygen atoms in total. The second-order valence-electron chi connectivity index (χ2n) is 6.91. The van der Waals surface area contributed by atoms with Crippen molar-refractivity contribution >= 4 is 40.0 Å². The molecule has 156 valence electrons. The molecule has 0 spiro atoms. The molecule has 0 aliphatic rings. The highest BCUT2D eigenvalue weighted by atomic mass is 15.2. The Bertz CT molecular complexity index is 1380. The number of nitrogens with zero attached hydrogens (tertiary/aromatic N) is 5. The van der Waals surface area contributed by atoms with E-state index in [-0.39, 0.29) is 5.96 Å². The molecule has 3 heterocycles. The lowest BCUT2D eigenvalue weighted by Gasteiger charge is -2.12. The van der Waals surface area contributed by atoms with Gasteiger partial charge in [0.25, 0.3) is 0 Å². The predicted octanol–water partition coefficient (Wildman–Crippen LogP) is 4.22. The summed E-state index contributed by atoms with van der Waals surface area (Å²) in [6, 6.07) is 24.9. The van der Waals surface area contributed by atoms with E-state index in [9.17, 15) is 0 Å². The second kappa shape index (κ2) is 8.52. The van der Waals surface area contributed by atoms with Gasteiger partial charge in [-0.15, -0.1) is 10.2 Å². The molecule has 0 atom stereocenters. The van der Waals surface area contributed by atoms with Crippen LogP contribution < -0.4 is 16.4 Å². The first kappa shape index (κ1) is 19.2. The van der Waals surface area contributed by atoms with Gasteiger partial charge in [-0.2, -0.15) is 10.1 Å². The van der Waals surface area contributed by atoms with E-state index in [1.54, 1.807) is 12.3 Å². The highest BCUT2D eigenvalue weighted by Crippen LogP contribution is 2.28. The summed E-state index contributed by atoms with van der Waals surface area (Å²) in [7, 11) is 0. The topological polar surface area (TPSA) is 130 Å². The van der Waals surface area contributed by atoms with Gasteiger partial charge in [-0.25, -0.2) is 4.98 Å². The van der Waals surface area contributed by atoms with Crippen molar-refractivity contribution in [2.24, 2.45) is 10.7 Å². The van der Waals surface area contributed by atoms with Crippen molar-refractivity contribution in [1.29, 1.82) is 0 Å². The molecule has 0 unspecified atom stereocenters. The zero-order valence-corrected chi connectivity index (χ0v) is 16.9. The lowest BCUT2D eigenvalue weighted by molar-refractivity contribution is 1.03. The lowest BCUT2D eigenvalue weighted by atomic mass is 10.1. The summed E-state index contributed by atoms with van der Waals surface area (Å²) in [4.78, 5) is 8.57. The van der Waals surface area contributed by atoms with Crippen LogP contribution in [0.3, 0.4) is 0 Å². The summed E-state index contributed by atoms with van der Waals surface area (Å²) < 4.78 is 0. The van der Waals surface area contributed by atoms with Crippen LogP contribution in [0.15, 0.2) is 90.1 Å². The molecule has 5 rings (SSSR count). The zero-order valence-electron chi connectivity index (χ0n) is 16.9. The van der Waals surface area contributed by atoms with Crippen LogP contribution in [0.25, 0.3) is 22.3 Å². The van der Waals surface area contributed by atoms with Gasteiger partial charge in [0, 0.05) is 11.8 Å². The van der Waals surface area contributed by atoms with Gasteiger partial charge < -0.3 is 16.4 Å². The molecule has 32 heavy (non-hydrogen) atoms. The van der Waals surface area contributed by atoms with Crippen LogP contribution in [0.1, 0.15) is 0 Å². The van der Waals surface area contributed by atoms with Gasteiger partial charge >= 0.3 is 0 Å². The molecular weight excluding hydrogens is 402 g/mol. The number of aliphatic imine (C=N–C) groups is 1. The Labute approximate surface area is 183 Å². The highest BCUT2D eigenvalue weighted by molar-refractivity contribution is 5.98. The molecule has 0 saturated carbocycles. The standard InChI is InChI=1S/C23H19N9/c24-23(28-20-13-12-17(29-30-20)15-7-2-1-3-8-15)27-19-11-5-4-10-18(19)26-22-16-9-6-14-25-21(16)31-32-22/h1-14H,(H3,24,27,28,30)(H2,25,26,31,32). The van der Waals surface area contributed by atoms with Crippen molar-refractivity contribution in [1.82, 2.24) is 25.4 Å². The maximum atomic E-state index is 6.13. The number of benzene rings is 2. The Morgan fingerprint density at radius 2 is 1.66 bits per heavy atom. The number of hydrogen-bond acceptors (Lipinski definition) is 6. The Hall–Kier alpha value is -4.79. The second-order valence-corrected chi connectivity index (χ2v) is 6.91. The summed E-state index contributed by atoms with van der Waals surface area (Å²) in [6.45, 7) is 0. The SMILES string of the molecule is NC(=Nc1ccc(-c2ccccc2)nn1)Nc1ccccc1Nc1[nH]nc2ncccc12. The Morgan fingerprint density at radius 1 is 0.844 bits per heavy atom. The normalized spacial score (nSPS) is 11.4. The number of aromatic amines is 1. The fourth-order valence-corrected chi connectivity index (χ4v) is 3.22. The van der Waals surface area contributed by atoms with E-state index >= 15 is 0 Å². The van der Waals surface area contributed by atoms with Crippen molar-refractivity contribution in [3.05, 3.63) is 85.1 Å². The van der Waals surface area contributed by atoms with Gasteiger partial charge in [0.05, 0.1) is 22.5 Å². The van der Waals surface area contributed by atoms with Gasteiger partial charge in [-0.05, 0) is 36.4 Å². The third kappa shape index (κ3) is 4.08. The molecule has 0 bridgehead atoms. The van der Waals surface area contributed by atoms with Crippen LogP contribution in [0.2, 0.25) is 0 Å². The molecule has 0 saturated heterocycles. The number of para-hydroxylation sites is 2. The van der Waals surface area contributed by atoms with Gasteiger partial charge in [-0.3, -0.25) is 5.10 Å². The first-order valence-corrected chi connectivity index (χ1v) is 9.92. The largest absolute Gasteiger partial charge is 0.369 e. The maximum absolute atomic E-state index is 6.13. The van der Waals surface area contributed by atoms with Gasteiger partial charge in [-0.1, -0.05) is 42.5 Å². The van der Waals surface area contributed by atoms with Crippen molar-refractivity contribution in [2.75, 3.05) is 10.6 Å². The minimum Gasteiger partial charge on any atom is -0.369 e. The number of nitrogens with two attached hydrogens (primary N) is 1. The number of aromatic nitrogens is 5. The minimum atomic E-state index is 0.192. The predicted molar refractivity (Wildman–Crippen MR) is 126 cm³/mol. The maximum Gasteiger partial charge on any atom is 0.199 e. The molecular formula is C23H19N9. The van der Waals surface area contributed by atoms with E-state index in [1.807, 2.05) is 72.8 Å². The number of nitrogens with one attached hydrogen (secondary N) is 3. The average Bonchev–Trinajstić information content (AvgIpc) is 3.24. The molecule has 5 N–H and O–H groups in total. The number of fused-ring (bicyclic) bond motifs is 1. The molecule has 3 aromatic heterocycles. The molecule has 0 radical (unpaired) electrons. The third-order valence-corrected chi connectivity index (χ3v) is 4.73. The van der Waals surface area contributed by atoms with Crippen molar-refractivity contribution in [3.63, 3.8) is 0 Å². The first-order valence-electron chi connectivity index (χ1n) is 9.92. The molecule has 5 aromatic rings. The first-order chi connectivity index (χ1) is 15.8. The Kier molecular flexibility index (Phi) is 5.11. The van der Waals surface area contributed by atoms with Crippen LogP contribution in [0, 0.1) is 0 Å². The number of anilines is 3. The fourth-order valence-electron chi connectivity index (χ4n) is 3.22. The highest BCUT2D eigenvalue weighted by Gasteiger charge is 2.09. The molecule has 9 heteroatoms. The van der Waals surface area contributed by atoms with Crippen molar-refractivity contribution in [3.8, 4) is 11.3 Å². The molecule has 0 amide bonds. The fraction of sp³-hybridized carbons (Fsp3) is 0. The summed E-state index contributed by atoms with van der Waals surface area (Å²) in [5, 5.41) is 22.9. The van der Waals surface area contributed by atoms with E-state index in [1.165, 1.54) is 0 Å². The lowest BCUT2D eigenvalue weighted by Crippen LogP contribution is -2.22. The number of guanidine groups is 1. The van der Waals surface area contributed by atoms with Crippen LogP contribution in [-0.2, 0) is 0 Å². The molecule has 0 aliphatic carbocycles. The summed E-state index contributed by atoms with van der Waals surface area (Å²) >= 11 is 0. The number of hydrogen-bond donors (Lipinski definition) is 4. The average molecular weight is 421 g/mol. The van der Waals surface area contributed by atoms with Crippen molar-refractivity contribution < 1.29 is 0 Å². The summed E-state index contributed by atoms with van der Waals surface area (Å²) in [6.07, 6.45) is 1.70. The number of rotatable bonds is 5. The zero-order chi connectivity index (χ0) is 21.8. The van der Waals surface area contributed by atoms with E-state index < -0.39 is 0 Å². The van der Waals surface area contributed by atoms with Gasteiger partial charge in [0.2, 0.25) is 0 Å². The van der Waals surface area contributed by atoms with E-state index in [2.05, 4.69) is 41.0 Å². The van der Waals surface area contributed by atoms with Crippen LogP contribution in [-0.4, -0.2) is 31.3 Å². The van der Waals surface area contributed by atoms with Crippen molar-refractivity contribution in [2.45, 2.75) is 0 Å². The third-order valence-electron chi connectivity index (χ3n) is 4.73. The quantitative estimate of drug-likeness (QED) is 0.247. The Balaban J connectivity index is 1.34. The smallest absolute Gasteiger partial charge is 0.199 e. The minimum absolute atomic E-state index is 0.192. The number of H-pyrrole nitrogens is 1. The van der Waals surface area contributed by atoms with E-state index in [4.69, 9.17) is 5.73 Å². The summed E-state index contributed by atoms with van der Waals surface area (Å²) in [5.74, 6) is 1.34. The number of pyridine rings is 1. The van der Waals surface area contributed by atoms with Gasteiger partial charge in [0.1, 0.15) is 5.82 Å². The molecule has 0 aliphatic heterocycles. The van der Waals surface area contributed by atoms with E-state index in [0.717, 1.165) is 33.8 Å². The van der Waals surface area contributed by atoms with Crippen LogP contribution in [0.4, 0.5) is 23.0 Å².